The predicted octanol–water partition coefficient (Wildman–Crippen LogP) is -2.15. The molecule has 0 aliphatic carbocycles. The molecule has 0 saturated heterocycles. The van der Waals surface area contributed by atoms with E-state index in [0.717, 1.165) is 0 Å². The Kier molecular flexibility index (Phi) is 8.12. The van der Waals surface area contributed by atoms with E-state index in [0.29, 0.717) is 11.0 Å². The van der Waals surface area contributed by atoms with Crippen LogP contribution in [-0.4, -0.2) is 50.3 Å². The summed E-state index contributed by atoms with van der Waals surface area (Å²) in [6.45, 7) is 2.71. The topological polar surface area (TPSA) is 55.8 Å². The molecule has 0 aliphatic heterocycles. The quantitative estimate of drug-likeness (QED) is 0.430. The Balaban J connectivity index is 0. The number of phosphoric ester groups is 1. The van der Waals surface area contributed by atoms with Gasteiger partial charge in [0.1, 0.15) is 13.2 Å². The van der Waals surface area contributed by atoms with Gasteiger partial charge in [0.25, 0.3) is 0 Å². The highest BCUT2D eigenvalue weighted by molar-refractivity contribution is 7.47. The fourth-order valence-electron chi connectivity index (χ4n) is 0.630. The molecule has 7 heteroatoms. The zero-order valence-corrected chi connectivity index (χ0v) is 10.7. The number of nitrogens with zero attached hydrogens (tertiary/aromatic N) is 1. The minimum atomic E-state index is -3.79. The predicted molar refractivity (Wildman–Crippen MR) is 50.3 cm³/mol. The molecule has 1 atom stereocenters. The Morgan fingerprint density at radius 2 is 1.79 bits per heavy atom. The van der Waals surface area contributed by atoms with E-state index in [1.807, 2.05) is 21.1 Å². The number of likely N-dealkylation sites (N-methyl/N-ethyl adjacent to an activating group) is 1. The monoisotopic (exact) mass is 247 g/mol. The van der Waals surface area contributed by atoms with Crippen molar-refractivity contribution in [3.05, 3.63) is 0 Å². The molecular weight excluding hydrogens is 229 g/mol. The Morgan fingerprint density at radius 1 is 1.29 bits per heavy atom. The van der Waals surface area contributed by atoms with Crippen molar-refractivity contribution < 1.29 is 35.4 Å². The van der Waals surface area contributed by atoms with Gasteiger partial charge in [-0.15, -0.1) is 0 Å². The Hall–Kier alpha value is 0.360. The minimum absolute atomic E-state index is 0. The first-order valence-corrected chi connectivity index (χ1v) is 5.69. The van der Waals surface area contributed by atoms with Gasteiger partial charge in [0.2, 0.25) is 0 Å². The number of hydrogen-bond acceptors (Lipinski definition) is 3. The molecule has 1 N–H and O–H groups in total. The summed E-state index contributed by atoms with van der Waals surface area (Å²) in [6, 6.07) is 0. The van der Waals surface area contributed by atoms with Crippen LogP contribution in [0, 0.1) is 0 Å². The maximum atomic E-state index is 11.0. The molecule has 0 radical (unpaired) electrons. The lowest BCUT2D eigenvalue weighted by atomic mass is 10.5. The molecule has 0 aromatic heterocycles. The largest absolute Gasteiger partial charge is 1.00 e. The van der Waals surface area contributed by atoms with Gasteiger partial charge in [0.05, 0.1) is 27.7 Å². The summed E-state index contributed by atoms with van der Waals surface area (Å²) in [5.74, 6) is 0. The van der Waals surface area contributed by atoms with Crippen LogP contribution in [0.5, 0.6) is 0 Å². The van der Waals surface area contributed by atoms with Crippen LogP contribution in [0.15, 0.2) is 0 Å². The maximum Gasteiger partial charge on any atom is 0.472 e. The summed E-state index contributed by atoms with van der Waals surface area (Å²) >= 11 is 0. The van der Waals surface area contributed by atoms with Crippen LogP contribution in [0.4, 0.5) is 0 Å². The van der Waals surface area contributed by atoms with Crippen LogP contribution in [-0.2, 0) is 13.6 Å². The molecular formula is C7H19ClNO4P. The van der Waals surface area contributed by atoms with Gasteiger partial charge in [-0.3, -0.25) is 9.05 Å². The summed E-state index contributed by atoms with van der Waals surface area (Å²) in [7, 11) is 2.15. The van der Waals surface area contributed by atoms with E-state index >= 15 is 0 Å². The molecule has 1 unspecified atom stereocenters. The average Bonchev–Trinajstić information content (AvgIpc) is 1.82. The maximum absolute atomic E-state index is 11.0. The van der Waals surface area contributed by atoms with Gasteiger partial charge in [-0.25, -0.2) is 4.57 Å². The standard InChI is InChI=1S/C7H18NO4P.ClH/c1-5-11-13(9,10)12-7-6-8(2,3)4;/h5-7H2,1-4H3;1H. The number of hydrogen-bond donors (Lipinski definition) is 1. The minimum Gasteiger partial charge on any atom is -1.00 e. The van der Waals surface area contributed by atoms with E-state index in [9.17, 15) is 4.57 Å². The Labute approximate surface area is 91.6 Å². The number of quaternary nitrogens is 1. The second-order valence-electron chi connectivity index (χ2n) is 3.73. The van der Waals surface area contributed by atoms with E-state index in [4.69, 9.17) is 9.42 Å². The van der Waals surface area contributed by atoms with Crippen LogP contribution in [0.25, 0.3) is 0 Å². The first-order valence-electron chi connectivity index (χ1n) is 4.19. The van der Waals surface area contributed by atoms with E-state index in [2.05, 4.69) is 4.52 Å². The fraction of sp³-hybridized carbons (Fsp3) is 1.00. The van der Waals surface area contributed by atoms with Crippen molar-refractivity contribution in [3.63, 3.8) is 0 Å². The zero-order chi connectivity index (χ0) is 10.5. The van der Waals surface area contributed by atoms with Gasteiger partial charge in [0.15, 0.2) is 0 Å². The van der Waals surface area contributed by atoms with Gasteiger partial charge < -0.3 is 21.8 Å². The molecule has 0 amide bonds. The molecule has 0 fully saturated rings. The van der Waals surface area contributed by atoms with Gasteiger partial charge >= 0.3 is 7.82 Å². The van der Waals surface area contributed by atoms with E-state index in [1.165, 1.54) is 0 Å². The van der Waals surface area contributed by atoms with Crippen molar-refractivity contribution in [3.8, 4) is 0 Å². The molecule has 0 heterocycles. The molecule has 0 rings (SSSR count). The first-order chi connectivity index (χ1) is 5.77. The average molecular weight is 248 g/mol. The van der Waals surface area contributed by atoms with Crippen molar-refractivity contribution in [2.75, 3.05) is 40.9 Å². The molecule has 14 heavy (non-hydrogen) atoms. The zero-order valence-electron chi connectivity index (χ0n) is 9.07. The smallest absolute Gasteiger partial charge is 0.472 e. The van der Waals surface area contributed by atoms with Crippen molar-refractivity contribution in [2.45, 2.75) is 6.92 Å². The highest BCUT2D eigenvalue weighted by atomic mass is 35.5. The second kappa shape index (κ2) is 6.77. The SMILES string of the molecule is CCOP(=O)(O)OCC[N+](C)(C)C.[Cl-]. The summed E-state index contributed by atoms with van der Waals surface area (Å²) in [5, 5.41) is 0. The lowest BCUT2D eigenvalue weighted by Crippen LogP contribution is -3.00. The van der Waals surface area contributed by atoms with Crippen LogP contribution in [0.2, 0.25) is 0 Å². The number of halogens is 1. The molecule has 0 aromatic carbocycles. The summed E-state index contributed by atoms with van der Waals surface area (Å²) in [4.78, 5) is 9.02. The Bertz CT molecular complexity index is 195. The lowest BCUT2D eigenvalue weighted by Gasteiger charge is -2.23. The molecule has 0 aromatic rings. The fourth-order valence-corrected chi connectivity index (χ4v) is 1.34. The number of phosphoric acid groups is 1. The van der Waals surface area contributed by atoms with Crippen molar-refractivity contribution in [2.24, 2.45) is 0 Å². The second-order valence-corrected chi connectivity index (χ2v) is 5.19. The summed E-state index contributed by atoms with van der Waals surface area (Å²) in [5.41, 5.74) is 0. The van der Waals surface area contributed by atoms with Gasteiger partial charge in [-0.2, -0.15) is 0 Å². The highest BCUT2D eigenvalue weighted by Gasteiger charge is 2.20. The van der Waals surface area contributed by atoms with Crippen LogP contribution in [0.1, 0.15) is 6.92 Å². The van der Waals surface area contributed by atoms with Crippen molar-refractivity contribution >= 4 is 7.82 Å². The molecule has 0 spiro atoms. The molecule has 0 aliphatic rings. The normalized spacial score (nSPS) is 15.8. The van der Waals surface area contributed by atoms with Gasteiger partial charge in [-0.1, -0.05) is 0 Å². The van der Waals surface area contributed by atoms with Crippen LogP contribution in [0.3, 0.4) is 0 Å². The molecule has 0 saturated carbocycles. The molecule has 88 valence electrons. The third kappa shape index (κ3) is 10.4. The Morgan fingerprint density at radius 3 is 2.14 bits per heavy atom. The first kappa shape index (κ1) is 16.8. The molecule has 5 nitrogen and oxygen atoms in total. The van der Waals surface area contributed by atoms with E-state index in [-0.39, 0.29) is 25.6 Å². The van der Waals surface area contributed by atoms with Gasteiger partial charge in [-0.05, 0) is 6.92 Å². The van der Waals surface area contributed by atoms with Crippen LogP contribution < -0.4 is 12.4 Å². The summed E-state index contributed by atoms with van der Waals surface area (Å²) < 4.78 is 20.9. The number of rotatable bonds is 6. The third-order valence-electron chi connectivity index (χ3n) is 1.31. The lowest BCUT2D eigenvalue weighted by molar-refractivity contribution is -0.870. The van der Waals surface area contributed by atoms with Crippen molar-refractivity contribution in [1.82, 2.24) is 0 Å². The third-order valence-corrected chi connectivity index (χ3v) is 2.40. The molecule has 0 bridgehead atoms. The van der Waals surface area contributed by atoms with E-state index < -0.39 is 7.82 Å². The van der Waals surface area contributed by atoms with Crippen molar-refractivity contribution in [1.29, 1.82) is 0 Å². The summed E-state index contributed by atoms with van der Waals surface area (Å²) in [6.07, 6.45) is 0. The van der Waals surface area contributed by atoms with Gasteiger partial charge in [0, 0.05) is 0 Å². The highest BCUT2D eigenvalue weighted by Crippen LogP contribution is 2.42. The van der Waals surface area contributed by atoms with E-state index in [1.54, 1.807) is 6.92 Å². The van der Waals surface area contributed by atoms with Crippen LogP contribution >= 0.6 is 7.82 Å².